The first-order valence-corrected chi connectivity index (χ1v) is 8.71. The number of benzene rings is 1. The molecule has 0 aliphatic carbocycles. The van der Waals surface area contributed by atoms with Crippen molar-refractivity contribution in [2.24, 2.45) is 0 Å². The van der Waals surface area contributed by atoms with Crippen LogP contribution >= 0.6 is 0 Å². The second kappa shape index (κ2) is 6.16. The maximum absolute atomic E-state index is 12.8. The number of ether oxygens (including phenoxy) is 1. The Morgan fingerprint density at radius 3 is 2.52 bits per heavy atom. The molecule has 4 heteroatoms. The molecule has 0 aromatic heterocycles. The number of carbonyl (C=O) groups is 1. The summed E-state index contributed by atoms with van der Waals surface area (Å²) in [6.45, 7) is 7.57. The fourth-order valence-corrected chi connectivity index (χ4v) is 4.06. The van der Waals surface area contributed by atoms with Crippen molar-refractivity contribution in [2.45, 2.75) is 63.6 Å². The van der Waals surface area contributed by atoms with E-state index in [0.29, 0.717) is 0 Å². The van der Waals surface area contributed by atoms with Crippen LogP contribution in [-0.2, 0) is 4.74 Å². The SMILES string of the molecule is CC(C)(C)OC(=O)N1CCC[C@@]2(CCCN2)[C@H]1c1ccccc1. The topological polar surface area (TPSA) is 41.6 Å². The van der Waals surface area contributed by atoms with Gasteiger partial charge in [-0.1, -0.05) is 30.3 Å². The molecular weight excluding hydrogens is 288 g/mol. The van der Waals surface area contributed by atoms with E-state index in [1.165, 1.54) is 12.0 Å². The standard InChI is InChI=1S/C19H28N2O2/c1-18(2,3)23-17(22)21-14-8-12-19(11-7-13-20-19)16(21)15-9-5-4-6-10-15/h4-6,9-10,16,20H,7-8,11-14H2,1-3H3/t16-,19+/m1/s1. The van der Waals surface area contributed by atoms with Crippen LogP contribution in [0.3, 0.4) is 0 Å². The molecule has 0 unspecified atom stereocenters. The monoisotopic (exact) mass is 316 g/mol. The number of carbonyl (C=O) groups excluding carboxylic acids is 1. The number of piperidine rings is 1. The molecule has 1 amide bonds. The number of nitrogens with one attached hydrogen (secondary N) is 1. The second-order valence-corrected chi connectivity index (χ2v) is 7.78. The molecule has 1 N–H and O–H groups in total. The summed E-state index contributed by atoms with van der Waals surface area (Å²) in [6.07, 6.45) is 4.23. The van der Waals surface area contributed by atoms with Crippen LogP contribution in [0.1, 0.15) is 58.1 Å². The molecule has 23 heavy (non-hydrogen) atoms. The van der Waals surface area contributed by atoms with Crippen LogP contribution in [0, 0.1) is 0 Å². The van der Waals surface area contributed by atoms with Gasteiger partial charge >= 0.3 is 6.09 Å². The first kappa shape index (κ1) is 16.3. The summed E-state index contributed by atoms with van der Waals surface area (Å²) < 4.78 is 5.69. The van der Waals surface area contributed by atoms with Gasteiger partial charge in [0.1, 0.15) is 5.60 Å². The molecule has 126 valence electrons. The zero-order valence-corrected chi connectivity index (χ0v) is 14.5. The van der Waals surface area contributed by atoms with Crippen molar-refractivity contribution < 1.29 is 9.53 Å². The Morgan fingerprint density at radius 2 is 1.91 bits per heavy atom. The molecule has 1 spiro atoms. The average Bonchev–Trinajstić information content (AvgIpc) is 2.95. The van der Waals surface area contributed by atoms with E-state index in [9.17, 15) is 4.79 Å². The van der Waals surface area contributed by atoms with Gasteiger partial charge in [0, 0.05) is 12.1 Å². The summed E-state index contributed by atoms with van der Waals surface area (Å²) in [7, 11) is 0. The molecule has 2 saturated heterocycles. The molecule has 1 aromatic rings. The minimum atomic E-state index is -0.466. The van der Waals surface area contributed by atoms with Gasteiger partial charge in [-0.15, -0.1) is 0 Å². The normalized spacial score (nSPS) is 28.1. The van der Waals surface area contributed by atoms with Crippen LogP contribution in [0.25, 0.3) is 0 Å². The van der Waals surface area contributed by atoms with Crippen LogP contribution in [0.15, 0.2) is 30.3 Å². The average molecular weight is 316 g/mol. The molecule has 0 bridgehead atoms. The van der Waals surface area contributed by atoms with Crippen molar-refractivity contribution in [1.82, 2.24) is 10.2 Å². The Labute approximate surface area is 139 Å². The molecule has 0 radical (unpaired) electrons. The van der Waals surface area contributed by atoms with Crippen molar-refractivity contribution in [1.29, 1.82) is 0 Å². The van der Waals surface area contributed by atoms with E-state index in [1.807, 2.05) is 31.7 Å². The maximum Gasteiger partial charge on any atom is 0.410 e. The lowest BCUT2D eigenvalue weighted by Gasteiger charge is -2.48. The molecule has 2 heterocycles. The van der Waals surface area contributed by atoms with Gasteiger partial charge in [0.05, 0.1) is 6.04 Å². The van der Waals surface area contributed by atoms with Gasteiger partial charge in [-0.3, -0.25) is 4.90 Å². The van der Waals surface area contributed by atoms with E-state index in [-0.39, 0.29) is 17.7 Å². The first-order chi connectivity index (χ1) is 10.9. The summed E-state index contributed by atoms with van der Waals surface area (Å²) >= 11 is 0. The van der Waals surface area contributed by atoms with Crippen LogP contribution in [-0.4, -0.2) is 35.2 Å². The zero-order chi connectivity index (χ0) is 16.5. The van der Waals surface area contributed by atoms with Gasteiger partial charge in [0.25, 0.3) is 0 Å². The predicted molar refractivity (Wildman–Crippen MR) is 91.3 cm³/mol. The molecule has 2 fully saturated rings. The summed E-state index contributed by atoms with van der Waals surface area (Å²) in [4.78, 5) is 14.8. The number of hydrogen-bond donors (Lipinski definition) is 1. The number of hydrogen-bond acceptors (Lipinski definition) is 3. The molecule has 4 nitrogen and oxygen atoms in total. The third-order valence-electron chi connectivity index (χ3n) is 4.88. The molecule has 2 aliphatic heterocycles. The van der Waals surface area contributed by atoms with Gasteiger partial charge < -0.3 is 10.1 Å². The van der Waals surface area contributed by atoms with E-state index in [2.05, 4.69) is 29.6 Å². The molecule has 2 atom stereocenters. The minimum Gasteiger partial charge on any atom is -0.444 e. The lowest BCUT2D eigenvalue weighted by molar-refractivity contribution is -0.00907. The first-order valence-electron chi connectivity index (χ1n) is 8.71. The third-order valence-corrected chi connectivity index (χ3v) is 4.88. The van der Waals surface area contributed by atoms with Gasteiger partial charge in [-0.25, -0.2) is 4.79 Å². The van der Waals surface area contributed by atoms with E-state index < -0.39 is 5.60 Å². The van der Waals surface area contributed by atoms with Crippen molar-refractivity contribution in [3.8, 4) is 0 Å². The van der Waals surface area contributed by atoms with Crippen molar-refractivity contribution in [3.63, 3.8) is 0 Å². The van der Waals surface area contributed by atoms with Gasteiger partial charge in [-0.05, 0) is 58.6 Å². The summed E-state index contributed by atoms with van der Waals surface area (Å²) in [5, 5.41) is 3.72. The van der Waals surface area contributed by atoms with Crippen LogP contribution < -0.4 is 5.32 Å². The third kappa shape index (κ3) is 3.37. The lowest BCUT2D eigenvalue weighted by Crippen LogP contribution is -2.58. The molecular formula is C19H28N2O2. The van der Waals surface area contributed by atoms with E-state index in [0.717, 1.165) is 32.4 Å². The molecule has 0 saturated carbocycles. The summed E-state index contributed by atoms with van der Waals surface area (Å²) in [5.74, 6) is 0. The molecule has 1 aromatic carbocycles. The highest BCUT2D eigenvalue weighted by molar-refractivity contribution is 5.69. The lowest BCUT2D eigenvalue weighted by atomic mass is 9.76. The summed E-state index contributed by atoms with van der Waals surface area (Å²) in [5.41, 5.74) is 0.732. The van der Waals surface area contributed by atoms with Crippen LogP contribution in [0.5, 0.6) is 0 Å². The van der Waals surface area contributed by atoms with Crippen LogP contribution in [0.4, 0.5) is 4.79 Å². The minimum absolute atomic E-state index is 0.00346. The van der Waals surface area contributed by atoms with Gasteiger partial charge in [0.2, 0.25) is 0 Å². The van der Waals surface area contributed by atoms with Crippen molar-refractivity contribution in [3.05, 3.63) is 35.9 Å². The van der Waals surface area contributed by atoms with Crippen molar-refractivity contribution >= 4 is 6.09 Å². The highest BCUT2D eigenvalue weighted by atomic mass is 16.6. The highest BCUT2D eigenvalue weighted by Crippen LogP contribution is 2.44. The Kier molecular flexibility index (Phi) is 4.37. The zero-order valence-electron chi connectivity index (χ0n) is 14.5. The van der Waals surface area contributed by atoms with Crippen LogP contribution in [0.2, 0.25) is 0 Å². The smallest absolute Gasteiger partial charge is 0.410 e. The Morgan fingerprint density at radius 1 is 1.22 bits per heavy atom. The largest absolute Gasteiger partial charge is 0.444 e. The van der Waals surface area contributed by atoms with Gasteiger partial charge in [-0.2, -0.15) is 0 Å². The highest BCUT2D eigenvalue weighted by Gasteiger charge is 2.49. The molecule has 2 aliphatic rings. The van der Waals surface area contributed by atoms with E-state index in [1.54, 1.807) is 0 Å². The fraction of sp³-hybridized carbons (Fsp3) is 0.632. The Balaban J connectivity index is 1.95. The second-order valence-electron chi connectivity index (χ2n) is 7.78. The number of likely N-dealkylation sites (tertiary alicyclic amines) is 1. The van der Waals surface area contributed by atoms with E-state index in [4.69, 9.17) is 4.74 Å². The predicted octanol–water partition coefficient (Wildman–Crippen LogP) is 3.88. The van der Waals surface area contributed by atoms with E-state index >= 15 is 0 Å². The number of nitrogens with zero attached hydrogens (tertiary/aromatic N) is 1. The Bertz CT molecular complexity index is 544. The quantitative estimate of drug-likeness (QED) is 0.855. The number of rotatable bonds is 1. The number of amides is 1. The Hall–Kier alpha value is -1.55. The van der Waals surface area contributed by atoms with Crippen molar-refractivity contribution in [2.75, 3.05) is 13.1 Å². The molecule has 3 rings (SSSR count). The summed E-state index contributed by atoms with van der Waals surface area (Å²) in [6, 6.07) is 10.5. The fourth-order valence-electron chi connectivity index (χ4n) is 4.06. The van der Waals surface area contributed by atoms with Gasteiger partial charge in [0.15, 0.2) is 0 Å². The maximum atomic E-state index is 12.8.